The summed E-state index contributed by atoms with van der Waals surface area (Å²) in [6, 6.07) is 21.7. The van der Waals surface area contributed by atoms with E-state index in [0.29, 0.717) is 11.8 Å². The van der Waals surface area contributed by atoms with Crippen molar-refractivity contribution in [1.82, 2.24) is 4.90 Å². The Morgan fingerprint density at radius 2 is 1.55 bits per heavy atom. The van der Waals surface area contributed by atoms with Gasteiger partial charge in [0.1, 0.15) is 5.60 Å². The van der Waals surface area contributed by atoms with Gasteiger partial charge < -0.3 is 4.74 Å². The van der Waals surface area contributed by atoms with E-state index in [4.69, 9.17) is 4.74 Å². The topological polar surface area (TPSA) is 29.5 Å². The third-order valence-electron chi connectivity index (χ3n) is 6.60. The first-order valence-corrected chi connectivity index (χ1v) is 11.7. The number of hydrogen-bond donors (Lipinski definition) is 0. The van der Waals surface area contributed by atoms with Crippen molar-refractivity contribution in [3.05, 3.63) is 71.8 Å². The zero-order valence-electron chi connectivity index (χ0n) is 20.0. The smallest absolute Gasteiger partial charge is 0.311 e. The normalized spacial score (nSPS) is 22.6. The molecule has 1 fully saturated rings. The van der Waals surface area contributed by atoms with Gasteiger partial charge in [0, 0.05) is 18.6 Å². The van der Waals surface area contributed by atoms with Crippen LogP contribution in [0.25, 0.3) is 0 Å². The molecule has 0 saturated heterocycles. The molecule has 0 aliphatic heterocycles. The number of rotatable bonds is 7. The molecule has 0 aromatic heterocycles. The first-order valence-electron chi connectivity index (χ1n) is 11.7. The molecule has 3 rings (SSSR count). The Balaban J connectivity index is 2.00. The maximum atomic E-state index is 13.3. The number of nitrogens with zero attached hydrogens (tertiary/aromatic N) is 1. The molecule has 3 nitrogen and oxygen atoms in total. The molecule has 1 saturated carbocycles. The van der Waals surface area contributed by atoms with Crippen LogP contribution < -0.4 is 0 Å². The quantitative estimate of drug-likeness (QED) is 0.469. The second-order valence-corrected chi connectivity index (χ2v) is 10.4. The molecule has 4 atom stereocenters. The van der Waals surface area contributed by atoms with Crippen LogP contribution in [-0.4, -0.2) is 22.5 Å². The van der Waals surface area contributed by atoms with Gasteiger partial charge in [-0.25, -0.2) is 0 Å². The maximum Gasteiger partial charge on any atom is 0.311 e. The third-order valence-corrected chi connectivity index (χ3v) is 6.60. The van der Waals surface area contributed by atoms with Crippen LogP contribution in [0.1, 0.15) is 71.6 Å². The van der Waals surface area contributed by atoms with Crippen molar-refractivity contribution in [2.24, 2.45) is 17.8 Å². The van der Waals surface area contributed by atoms with Gasteiger partial charge in [0.2, 0.25) is 0 Å². The van der Waals surface area contributed by atoms with Gasteiger partial charge in [-0.1, -0.05) is 74.5 Å². The number of ether oxygens (including phenoxy) is 1. The Morgan fingerprint density at radius 3 is 2.10 bits per heavy atom. The molecule has 0 radical (unpaired) electrons. The van der Waals surface area contributed by atoms with E-state index in [9.17, 15) is 4.79 Å². The predicted octanol–water partition coefficient (Wildman–Crippen LogP) is 6.64. The van der Waals surface area contributed by atoms with Crippen LogP contribution in [-0.2, 0) is 16.1 Å². The average molecular weight is 422 g/mol. The summed E-state index contributed by atoms with van der Waals surface area (Å²) in [6.45, 7) is 13.6. The first-order chi connectivity index (χ1) is 14.7. The van der Waals surface area contributed by atoms with Crippen LogP contribution in [0.15, 0.2) is 60.7 Å². The Kier molecular flexibility index (Phi) is 7.59. The molecule has 2 aromatic carbocycles. The van der Waals surface area contributed by atoms with E-state index in [1.807, 2.05) is 20.8 Å². The van der Waals surface area contributed by atoms with Gasteiger partial charge in [-0.3, -0.25) is 9.69 Å². The summed E-state index contributed by atoms with van der Waals surface area (Å²) >= 11 is 0. The Labute approximate surface area is 188 Å². The van der Waals surface area contributed by atoms with Crippen LogP contribution in [0, 0.1) is 17.8 Å². The van der Waals surface area contributed by atoms with Crippen molar-refractivity contribution in [3.8, 4) is 0 Å². The summed E-state index contributed by atoms with van der Waals surface area (Å²) in [5, 5.41) is 0. The molecule has 0 unspecified atom stereocenters. The second kappa shape index (κ2) is 9.99. The lowest BCUT2D eigenvalue weighted by molar-refractivity contribution is -0.162. The highest BCUT2D eigenvalue weighted by Crippen LogP contribution is 2.44. The number of hydrogen-bond acceptors (Lipinski definition) is 3. The summed E-state index contributed by atoms with van der Waals surface area (Å²) < 4.78 is 5.90. The molecule has 1 aliphatic carbocycles. The molecule has 0 amide bonds. The molecule has 3 heteroatoms. The van der Waals surface area contributed by atoms with Crippen molar-refractivity contribution in [2.75, 3.05) is 0 Å². The minimum Gasteiger partial charge on any atom is -0.460 e. The van der Waals surface area contributed by atoms with Crippen molar-refractivity contribution in [2.45, 2.75) is 78.6 Å². The number of carbonyl (C=O) groups excluding carboxylic acids is 1. The summed E-state index contributed by atoms with van der Waals surface area (Å²) in [7, 11) is 0. The van der Waals surface area contributed by atoms with Gasteiger partial charge in [-0.15, -0.1) is 0 Å². The fraction of sp³-hybridized carbons (Fsp3) is 0.536. The molecular formula is C28H39NO2. The van der Waals surface area contributed by atoms with Crippen molar-refractivity contribution in [3.63, 3.8) is 0 Å². The predicted molar refractivity (Wildman–Crippen MR) is 128 cm³/mol. The van der Waals surface area contributed by atoms with Gasteiger partial charge >= 0.3 is 5.97 Å². The minimum atomic E-state index is -0.465. The zero-order valence-corrected chi connectivity index (χ0v) is 20.0. The molecule has 0 bridgehead atoms. The summed E-state index contributed by atoms with van der Waals surface area (Å²) in [5.41, 5.74) is 2.10. The van der Waals surface area contributed by atoms with E-state index >= 15 is 0 Å². The lowest BCUT2D eigenvalue weighted by atomic mass is 9.85. The maximum absolute atomic E-state index is 13.3. The molecule has 0 heterocycles. The van der Waals surface area contributed by atoms with Crippen LogP contribution >= 0.6 is 0 Å². The van der Waals surface area contributed by atoms with E-state index in [-0.39, 0.29) is 24.0 Å². The molecular weight excluding hydrogens is 382 g/mol. The van der Waals surface area contributed by atoms with E-state index < -0.39 is 5.60 Å². The standard InChI is InChI=1S/C28H39NO2/c1-20(2)24-17-18-25(27(30)31-28(4,5)6)26(24)29(19-22-13-9-7-10-14-22)21(3)23-15-11-8-12-16-23/h7-16,20-21,24-26H,17-19H2,1-6H3/t21-,24+,25-,26+/m1/s1. The molecule has 168 valence electrons. The second-order valence-electron chi connectivity index (χ2n) is 10.4. The molecule has 1 aliphatic rings. The highest BCUT2D eigenvalue weighted by molar-refractivity contribution is 5.74. The van der Waals surface area contributed by atoms with E-state index in [1.165, 1.54) is 11.1 Å². The number of esters is 1. The van der Waals surface area contributed by atoms with Crippen LogP contribution in [0.4, 0.5) is 0 Å². The fourth-order valence-electron chi connectivity index (χ4n) is 5.07. The summed E-state index contributed by atoms with van der Waals surface area (Å²) in [4.78, 5) is 15.9. The Morgan fingerprint density at radius 1 is 0.968 bits per heavy atom. The Hall–Kier alpha value is -2.13. The van der Waals surface area contributed by atoms with Crippen LogP contribution in [0.2, 0.25) is 0 Å². The lowest BCUT2D eigenvalue weighted by Crippen LogP contribution is -2.47. The summed E-state index contributed by atoms with van der Waals surface area (Å²) in [5.74, 6) is 0.839. The molecule has 0 N–H and O–H groups in total. The van der Waals surface area contributed by atoms with E-state index in [2.05, 4.69) is 86.3 Å². The molecule has 2 aromatic rings. The minimum absolute atomic E-state index is 0.0426. The van der Waals surface area contributed by atoms with Crippen LogP contribution in [0.3, 0.4) is 0 Å². The fourth-order valence-corrected chi connectivity index (χ4v) is 5.07. The third kappa shape index (κ3) is 5.98. The van der Waals surface area contributed by atoms with Crippen LogP contribution in [0.5, 0.6) is 0 Å². The van der Waals surface area contributed by atoms with E-state index in [1.54, 1.807) is 0 Å². The highest BCUT2D eigenvalue weighted by atomic mass is 16.6. The Bertz CT molecular complexity index is 825. The zero-order chi connectivity index (χ0) is 22.6. The first kappa shape index (κ1) is 23.5. The lowest BCUT2D eigenvalue weighted by Gasteiger charge is -2.41. The van der Waals surface area contributed by atoms with Gasteiger partial charge in [0.15, 0.2) is 0 Å². The molecule has 0 spiro atoms. The molecule has 31 heavy (non-hydrogen) atoms. The van der Waals surface area contributed by atoms with Gasteiger partial charge in [0.25, 0.3) is 0 Å². The average Bonchev–Trinajstić information content (AvgIpc) is 3.17. The largest absolute Gasteiger partial charge is 0.460 e. The highest BCUT2D eigenvalue weighted by Gasteiger charge is 2.47. The number of carbonyl (C=O) groups is 1. The van der Waals surface area contributed by atoms with Crippen molar-refractivity contribution < 1.29 is 9.53 Å². The SMILES string of the molecule is CC(C)[C@@H]1CC[C@@H](C(=O)OC(C)(C)C)[C@H]1N(Cc1ccccc1)[C@H](C)c1ccccc1. The number of benzene rings is 2. The van der Waals surface area contributed by atoms with Crippen molar-refractivity contribution in [1.29, 1.82) is 0 Å². The van der Waals surface area contributed by atoms with Gasteiger partial charge in [0.05, 0.1) is 5.92 Å². The van der Waals surface area contributed by atoms with Gasteiger partial charge in [-0.2, -0.15) is 0 Å². The van der Waals surface area contributed by atoms with Gasteiger partial charge in [-0.05, 0) is 63.5 Å². The van der Waals surface area contributed by atoms with Crippen molar-refractivity contribution >= 4 is 5.97 Å². The summed E-state index contributed by atoms with van der Waals surface area (Å²) in [6.07, 6.45) is 1.97. The monoisotopic (exact) mass is 421 g/mol. The van der Waals surface area contributed by atoms with E-state index in [0.717, 1.165) is 19.4 Å².